The van der Waals surface area contributed by atoms with Crippen LogP contribution in [-0.2, 0) is 0 Å². The minimum absolute atomic E-state index is 1.18. The molecular weight excluding hydrogens is 599 g/mol. The Hall–Kier alpha value is -5.83. The van der Waals surface area contributed by atoms with Gasteiger partial charge in [-0.1, -0.05) is 145 Å². The molecule has 0 radical (unpaired) electrons. The molecule has 1 aliphatic heterocycles. The van der Waals surface area contributed by atoms with Crippen molar-refractivity contribution < 1.29 is 0 Å². The largest absolute Gasteiger partial charge is 0.309 e. The van der Waals surface area contributed by atoms with Crippen LogP contribution < -0.4 is 0 Å². The molecule has 48 heavy (non-hydrogen) atoms. The van der Waals surface area contributed by atoms with Crippen molar-refractivity contribution in [1.82, 2.24) is 4.57 Å². The Morgan fingerprint density at radius 1 is 0.333 bits per heavy atom. The molecule has 2 heterocycles. The first-order valence-corrected chi connectivity index (χ1v) is 17.3. The quantitative estimate of drug-likeness (QED) is 0.188. The average molecular weight is 628 g/mol. The number of hydrogen-bond donors (Lipinski definition) is 0. The van der Waals surface area contributed by atoms with Crippen molar-refractivity contribution >= 4 is 44.3 Å². The van der Waals surface area contributed by atoms with Gasteiger partial charge in [-0.25, -0.2) is 0 Å². The molecular formula is C46H29NS. The van der Waals surface area contributed by atoms with E-state index in [1.54, 1.807) is 0 Å². The number of fused-ring (bicyclic) bond motifs is 5. The summed E-state index contributed by atoms with van der Waals surface area (Å²) in [6, 6.07) is 64.3. The van der Waals surface area contributed by atoms with Crippen LogP contribution in [0.3, 0.4) is 0 Å². The van der Waals surface area contributed by atoms with Gasteiger partial charge in [0.2, 0.25) is 0 Å². The second kappa shape index (κ2) is 10.9. The van der Waals surface area contributed by atoms with E-state index in [2.05, 4.69) is 180 Å². The first kappa shape index (κ1) is 27.3. The second-order valence-electron chi connectivity index (χ2n) is 12.5. The first-order chi connectivity index (χ1) is 23.8. The third-order valence-corrected chi connectivity index (χ3v) is 11.0. The van der Waals surface area contributed by atoms with Gasteiger partial charge in [0.1, 0.15) is 0 Å². The van der Waals surface area contributed by atoms with Crippen molar-refractivity contribution in [3.05, 3.63) is 176 Å². The van der Waals surface area contributed by atoms with Crippen molar-refractivity contribution in [3.8, 4) is 50.2 Å². The number of para-hydroxylation sites is 2. The Bertz CT molecular complexity index is 2670. The fourth-order valence-electron chi connectivity index (χ4n) is 7.64. The van der Waals surface area contributed by atoms with E-state index in [0.717, 1.165) is 0 Å². The molecule has 0 amide bonds. The van der Waals surface area contributed by atoms with E-state index in [1.807, 2.05) is 11.8 Å². The van der Waals surface area contributed by atoms with Gasteiger partial charge in [-0.05, 0) is 92.4 Å². The topological polar surface area (TPSA) is 4.93 Å². The summed E-state index contributed by atoms with van der Waals surface area (Å²) in [5.41, 5.74) is 13.7. The molecule has 10 rings (SSSR count). The Kier molecular flexibility index (Phi) is 6.18. The molecule has 0 saturated carbocycles. The molecule has 224 valence electrons. The van der Waals surface area contributed by atoms with Crippen LogP contribution in [0.25, 0.3) is 82.8 Å². The van der Waals surface area contributed by atoms with Crippen LogP contribution in [0.2, 0.25) is 0 Å². The molecule has 0 N–H and O–H groups in total. The molecule has 0 bridgehead atoms. The zero-order valence-corrected chi connectivity index (χ0v) is 26.9. The van der Waals surface area contributed by atoms with E-state index < -0.39 is 0 Å². The number of aromatic nitrogens is 1. The number of rotatable bonds is 4. The van der Waals surface area contributed by atoms with Gasteiger partial charge < -0.3 is 4.57 Å². The maximum Gasteiger partial charge on any atom is 0.0547 e. The zero-order chi connectivity index (χ0) is 31.6. The van der Waals surface area contributed by atoms with E-state index in [4.69, 9.17) is 0 Å². The van der Waals surface area contributed by atoms with Crippen molar-refractivity contribution in [1.29, 1.82) is 0 Å². The highest BCUT2D eigenvalue weighted by atomic mass is 32.2. The second-order valence-corrected chi connectivity index (χ2v) is 13.6. The molecule has 2 heteroatoms. The number of nitrogens with zero attached hydrogens (tertiary/aromatic N) is 1. The molecule has 0 aliphatic carbocycles. The lowest BCUT2D eigenvalue weighted by Gasteiger charge is -2.22. The van der Waals surface area contributed by atoms with E-state index in [1.165, 1.54) is 92.6 Å². The predicted molar refractivity (Wildman–Crippen MR) is 204 cm³/mol. The van der Waals surface area contributed by atoms with E-state index >= 15 is 0 Å². The summed E-state index contributed by atoms with van der Waals surface area (Å²) in [5.74, 6) is 0. The molecule has 0 unspecified atom stereocenters. The molecule has 1 aromatic heterocycles. The van der Waals surface area contributed by atoms with Crippen LogP contribution >= 0.6 is 11.8 Å². The smallest absolute Gasteiger partial charge is 0.0547 e. The van der Waals surface area contributed by atoms with Gasteiger partial charge in [-0.3, -0.25) is 0 Å². The fourth-order valence-corrected chi connectivity index (χ4v) is 8.75. The molecule has 0 spiro atoms. The van der Waals surface area contributed by atoms with Crippen LogP contribution in [0, 0.1) is 0 Å². The lowest BCUT2D eigenvalue weighted by Crippen LogP contribution is -1.95. The van der Waals surface area contributed by atoms with E-state index in [0.29, 0.717) is 0 Å². The lowest BCUT2D eigenvalue weighted by molar-refractivity contribution is 1.18. The Morgan fingerprint density at radius 3 is 1.81 bits per heavy atom. The first-order valence-electron chi connectivity index (χ1n) is 16.4. The Balaban J connectivity index is 1.07. The number of hydrogen-bond acceptors (Lipinski definition) is 1. The summed E-state index contributed by atoms with van der Waals surface area (Å²) < 4.78 is 2.38. The van der Waals surface area contributed by atoms with Gasteiger partial charge in [-0.15, -0.1) is 0 Å². The lowest BCUT2D eigenvalue weighted by atomic mass is 9.91. The van der Waals surface area contributed by atoms with Gasteiger partial charge in [0.05, 0.1) is 11.0 Å². The third-order valence-electron chi connectivity index (χ3n) is 9.82. The van der Waals surface area contributed by atoms with Crippen LogP contribution in [0.5, 0.6) is 0 Å². The SMILES string of the molecule is c1ccc(-c2ccc3c4c(cccc24)-c2cc(-c4ccc(-c5cccc6c5c5ccccc5n6-c5ccccc5)cc4)ccc2S3)cc1. The molecule has 8 aromatic carbocycles. The highest BCUT2D eigenvalue weighted by Gasteiger charge is 2.22. The number of benzene rings is 8. The van der Waals surface area contributed by atoms with Crippen LogP contribution in [0.4, 0.5) is 0 Å². The molecule has 9 aromatic rings. The van der Waals surface area contributed by atoms with E-state index in [9.17, 15) is 0 Å². The molecule has 0 saturated heterocycles. The Labute approximate surface area is 283 Å². The predicted octanol–water partition coefficient (Wildman–Crippen LogP) is 13.1. The molecule has 0 fully saturated rings. The van der Waals surface area contributed by atoms with Gasteiger partial charge in [0, 0.05) is 31.6 Å². The fraction of sp³-hybridized carbons (Fsp3) is 0. The van der Waals surface area contributed by atoms with Crippen molar-refractivity contribution in [2.45, 2.75) is 9.79 Å². The summed E-state index contributed by atoms with van der Waals surface area (Å²) in [4.78, 5) is 2.64. The maximum atomic E-state index is 2.39. The summed E-state index contributed by atoms with van der Waals surface area (Å²) in [5, 5.41) is 5.23. The van der Waals surface area contributed by atoms with Crippen LogP contribution in [0.1, 0.15) is 0 Å². The summed E-state index contributed by atoms with van der Waals surface area (Å²) in [6.07, 6.45) is 0. The highest BCUT2D eigenvalue weighted by molar-refractivity contribution is 7.99. The van der Waals surface area contributed by atoms with Crippen molar-refractivity contribution in [2.75, 3.05) is 0 Å². The maximum absolute atomic E-state index is 2.39. The standard InChI is InChI=1S/C46H29NS/c1-3-11-31(12-4-1)35-26-28-44-46-37(35)17-9-18-38(46)40-29-33(25-27-43(40)48-44)30-21-23-32(24-22-30)36-16-10-20-42-45(36)39-15-7-8-19-41(39)47(42)34-13-5-2-6-14-34/h1-29H. The minimum Gasteiger partial charge on any atom is -0.309 e. The highest BCUT2D eigenvalue weighted by Crippen LogP contribution is 2.50. The van der Waals surface area contributed by atoms with Gasteiger partial charge in [0.15, 0.2) is 0 Å². The monoisotopic (exact) mass is 627 g/mol. The van der Waals surface area contributed by atoms with Gasteiger partial charge in [-0.2, -0.15) is 0 Å². The molecule has 1 nitrogen and oxygen atoms in total. The zero-order valence-electron chi connectivity index (χ0n) is 26.1. The summed E-state index contributed by atoms with van der Waals surface area (Å²) in [6.45, 7) is 0. The van der Waals surface area contributed by atoms with Crippen molar-refractivity contribution in [2.24, 2.45) is 0 Å². The summed E-state index contributed by atoms with van der Waals surface area (Å²) in [7, 11) is 0. The van der Waals surface area contributed by atoms with Crippen molar-refractivity contribution in [3.63, 3.8) is 0 Å². The molecule has 1 aliphatic rings. The van der Waals surface area contributed by atoms with Crippen LogP contribution in [0.15, 0.2) is 186 Å². The van der Waals surface area contributed by atoms with Crippen LogP contribution in [-0.4, -0.2) is 4.57 Å². The van der Waals surface area contributed by atoms with Gasteiger partial charge >= 0.3 is 0 Å². The minimum atomic E-state index is 1.18. The average Bonchev–Trinajstić information content (AvgIpc) is 3.50. The normalized spacial score (nSPS) is 12.1. The molecule has 0 atom stereocenters. The van der Waals surface area contributed by atoms with E-state index in [-0.39, 0.29) is 0 Å². The third kappa shape index (κ3) is 4.20. The Morgan fingerprint density at radius 2 is 0.958 bits per heavy atom. The summed E-state index contributed by atoms with van der Waals surface area (Å²) >= 11 is 1.88. The van der Waals surface area contributed by atoms with Gasteiger partial charge in [0.25, 0.3) is 0 Å².